The van der Waals surface area contributed by atoms with Gasteiger partial charge in [-0.05, 0) is 29.3 Å². The van der Waals surface area contributed by atoms with E-state index in [2.05, 4.69) is 11.7 Å². The van der Waals surface area contributed by atoms with E-state index in [1.54, 1.807) is 4.68 Å². The van der Waals surface area contributed by atoms with Crippen LogP contribution >= 0.6 is 0 Å². The quantitative estimate of drug-likeness (QED) is 0.792. The standard InChI is InChI=1S/C20H21N3O/c1-15-19(13-16-9-11-18(12-10-16)22(2)3)20(24)23(21-15)14-17-7-5-4-6-8-17/h4-13,21H,1,14H2,2-3H3/b19-13-. The van der Waals surface area contributed by atoms with Gasteiger partial charge < -0.3 is 4.90 Å². The normalized spacial score (nSPS) is 11.7. The van der Waals surface area contributed by atoms with Crippen LogP contribution in [0.2, 0.25) is 0 Å². The molecule has 1 N–H and O–H groups in total. The van der Waals surface area contributed by atoms with Crippen molar-refractivity contribution in [2.45, 2.75) is 6.54 Å². The second-order valence-corrected chi connectivity index (χ2v) is 6.01. The number of benzene rings is 2. The van der Waals surface area contributed by atoms with Crippen LogP contribution in [0.4, 0.5) is 5.69 Å². The van der Waals surface area contributed by atoms with Gasteiger partial charge in [-0.1, -0.05) is 49.0 Å². The molecule has 0 unspecified atom stereocenters. The average Bonchev–Trinajstić information content (AvgIpc) is 2.84. The van der Waals surface area contributed by atoms with Crippen LogP contribution in [-0.4, -0.2) is 23.9 Å². The highest BCUT2D eigenvalue weighted by atomic mass is 16.1. The van der Waals surface area contributed by atoms with Gasteiger partial charge in [-0.2, -0.15) is 0 Å². The molecule has 1 heterocycles. The third kappa shape index (κ3) is 3.33. The van der Waals surface area contributed by atoms with Crippen molar-refractivity contribution in [3.63, 3.8) is 0 Å². The molecule has 0 saturated heterocycles. The lowest BCUT2D eigenvalue weighted by molar-refractivity contribution is 0.658. The molecule has 24 heavy (non-hydrogen) atoms. The smallest absolute Gasteiger partial charge is 0.274 e. The topological polar surface area (TPSA) is 41.0 Å². The Morgan fingerprint density at radius 1 is 1.08 bits per heavy atom. The summed E-state index contributed by atoms with van der Waals surface area (Å²) >= 11 is 0. The summed E-state index contributed by atoms with van der Waals surface area (Å²) in [5, 5.41) is 4.30. The van der Waals surface area contributed by atoms with Gasteiger partial charge in [0.25, 0.3) is 5.56 Å². The maximum absolute atomic E-state index is 12.6. The van der Waals surface area contributed by atoms with Gasteiger partial charge in [-0.15, -0.1) is 0 Å². The first-order valence-electron chi connectivity index (χ1n) is 7.85. The molecule has 3 aromatic rings. The van der Waals surface area contributed by atoms with Crippen LogP contribution in [-0.2, 0) is 6.54 Å². The van der Waals surface area contributed by atoms with Gasteiger partial charge >= 0.3 is 0 Å². The fourth-order valence-corrected chi connectivity index (χ4v) is 2.61. The molecule has 0 radical (unpaired) electrons. The highest BCUT2D eigenvalue weighted by molar-refractivity contribution is 5.55. The van der Waals surface area contributed by atoms with Crippen LogP contribution in [0.3, 0.4) is 0 Å². The molecule has 3 rings (SSSR count). The van der Waals surface area contributed by atoms with Gasteiger partial charge in [0.05, 0.1) is 17.1 Å². The van der Waals surface area contributed by atoms with Crippen molar-refractivity contribution in [3.8, 4) is 0 Å². The lowest BCUT2D eigenvalue weighted by Gasteiger charge is -2.11. The zero-order chi connectivity index (χ0) is 17.1. The number of nitrogens with one attached hydrogen (secondary N) is 1. The van der Waals surface area contributed by atoms with Gasteiger partial charge in [-0.25, -0.2) is 4.68 Å². The van der Waals surface area contributed by atoms with E-state index in [9.17, 15) is 4.79 Å². The predicted molar refractivity (Wildman–Crippen MR) is 99.7 cm³/mol. The number of H-pyrrole nitrogens is 1. The Morgan fingerprint density at radius 2 is 1.75 bits per heavy atom. The monoisotopic (exact) mass is 319 g/mol. The van der Waals surface area contributed by atoms with E-state index in [1.165, 1.54) is 0 Å². The lowest BCUT2D eigenvalue weighted by Crippen LogP contribution is -2.34. The summed E-state index contributed by atoms with van der Waals surface area (Å²) in [7, 11) is 4.00. The Balaban J connectivity index is 1.97. The zero-order valence-electron chi connectivity index (χ0n) is 14.0. The Bertz CT molecular complexity index is 980. The summed E-state index contributed by atoms with van der Waals surface area (Å²) in [5.74, 6) is 0. The average molecular weight is 319 g/mol. The van der Waals surface area contributed by atoms with Crippen LogP contribution in [0.25, 0.3) is 12.7 Å². The first kappa shape index (κ1) is 15.9. The SMILES string of the molecule is C=c1[nH]n(Cc2ccccc2)c(=O)/c1=C\c1ccc(N(C)C)cc1. The fraction of sp³-hybridized carbons (Fsp3) is 0.150. The van der Waals surface area contributed by atoms with Crippen molar-refractivity contribution in [1.29, 1.82) is 0 Å². The molecular formula is C20H21N3O. The van der Waals surface area contributed by atoms with Crippen molar-refractivity contribution < 1.29 is 0 Å². The molecule has 0 spiro atoms. The van der Waals surface area contributed by atoms with Crippen molar-refractivity contribution in [2.75, 3.05) is 19.0 Å². The van der Waals surface area contributed by atoms with Crippen LogP contribution in [0.15, 0.2) is 59.4 Å². The molecule has 4 nitrogen and oxygen atoms in total. The first-order valence-corrected chi connectivity index (χ1v) is 7.85. The molecule has 0 bridgehead atoms. The highest BCUT2D eigenvalue weighted by Crippen LogP contribution is 2.12. The largest absolute Gasteiger partial charge is 0.378 e. The Kier molecular flexibility index (Phi) is 4.38. The Morgan fingerprint density at radius 3 is 2.38 bits per heavy atom. The van der Waals surface area contributed by atoms with Crippen molar-refractivity contribution in [3.05, 3.63) is 86.6 Å². The molecule has 122 valence electrons. The predicted octanol–water partition coefficient (Wildman–Crippen LogP) is 1.53. The molecule has 0 amide bonds. The van der Waals surface area contributed by atoms with E-state index in [0.717, 1.165) is 16.8 Å². The van der Waals surface area contributed by atoms with E-state index in [0.29, 0.717) is 17.1 Å². The zero-order valence-corrected chi connectivity index (χ0v) is 14.0. The number of anilines is 1. The van der Waals surface area contributed by atoms with Crippen LogP contribution < -0.4 is 21.0 Å². The number of rotatable bonds is 4. The van der Waals surface area contributed by atoms with Gasteiger partial charge in [-0.3, -0.25) is 9.89 Å². The van der Waals surface area contributed by atoms with Crippen LogP contribution in [0.1, 0.15) is 11.1 Å². The number of nitrogens with zero attached hydrogens (tertiary/aromatic N) is 2. The molecule has 0 aliphatic carbocycles. The maximum Gasteiger partial charge on any atom is 0.274 e. The molecule has 4 heteroatoms. The molecule has 0 saturated carbocycles. The minimum absolute atomic E-state index is 0.0551. The van der Waals surface area contributed by atoms with Gasteiger partial charge in [0.2, 0.25) is 0 Å². The summed E-state index contributed by atoms with van der Waals surface area (Å²) in [6, 6.07) is 18.0. The minimum atomic E-state index is -0.0551. The second-order valence-electron chi connectivity index (χ2n) is 6.01. The fourth-order valence-electron chi connectivity index (χ4n) is 2.61. The summed E-state index contributed by atoms with van der Waals surface area (Å²) in [6.07, 6.45) is 1.88. The summed E-state index contributed by atoms with van der Waals surface area (Å²) < 4.78 is 1.59. The van der Waals surface area contributed by atoms with Gasteiger partial charge in [0.1, 0.15) is 0 Å². The number of aromatic nitrogens is 2. The number of hydrogen-bond donors (Lipinski definition) is 1. The summed E-state index contributed by atoms with van der Waals surface area (Å²) in [6.45, 7) is 4.48. The van der Waals surface area contributed by atoms with Crippen molar-refractivity contribution in [1.82, 2.24) is 9.78 Å². The highest BCUT2D eigenvalue weighted by Gasteiger charge is 2.03. The number of hydrogen-bond acceptors (Lipinski definition) is 2. The Hall–Kier alpha value is -3.01. The Labute approximate surface area is 141 Å². The molecule has 0 fully saturated rings. The number of aromatic amines is 1. The van der Waals surface area contributed by atoms with E-state index in [-0.39, 0.29) is 5.56 Å². The van der Waals surface area contributed by atoms with Crippen LogP contribution in [0, 0.1) is 0 Å². The van der Waals surface area contributed by atoms with Gasteiger partial charge in [0.15, 0.2) is 0 Å². The van der Waals surface area contributed by atoms with E-state index in [1.807, 2.05) is 79.7 Å². The third-order valence-electron chi connectivity index (χ3n) is 3.97. The van der Waals surface area contributed by atoms with Crippen molar-refractivity contribution >= 4 is 18.3 Å². The molecular weight excluding hydrogens is 298 g/mol. The second kappa shape index (κ2) is 6.62. The van der Waals surface area contributed by atoms with Gasteiger partial charge in [0, 0.05) is 19.8 Å². The molecule has 1 aromatic heterocycles. The molecule has 2 aromatic carbocycles. The molecule has 0 aliphatic rings. The van der Waals surface area contributed by atoms with Crippen LogP contribution in [0.5, 0.6) is 0 Å². The van der Waals surface area contributed by atoms with E-state index >= 15 is 0 Å². The molecule has 0 atom stereocenters. The third-order valence-corrected chi connectivity index (χ3v) is 3.97. The molecule has 0 aliphatic heterocycles. The maximum atomic E-state index is 12.6. The van der Waals surface area contributed by atoms with E-state index < -0.39 is 0 Å². The minimum Gasteiger partial charge on any atom is -0.378 e. The lowest BCUT2D eigenvalue weighted by atomic mass is 10.1. The van der Waals surface area contributed by atoms with Crippen molar-refractivity contribution in [2.24, 2.45) is 0 Å². The first-order chi connectivity index (χ1) is 11.5. The van der Waals surface area contributed by atoms with E-state index in [4.69, 9.17) is 0 Å². The summed E-state index contributed by atoms with van der Waals surface area (Å²) in [5.41, 5.74) is 3.12. The summed E-state index contributed by atoms with van der Waals surface area (Å²) in [4.78, 5) is 14.7.